The van der Waals surface area contributed by atoms with Crippen molar-refractivity contribution in [1.29, 1.82) is 0 Å². The van der Waals surface area contributed by atoms with Gasteiger partial charge in [0.15, 0.2) is 12.5 Å². The third kappa shape index (κ3) is 4.95. The SMILES string of the molecule is Cc1nc(CCNC(=O)COc2ccc(Cl)cc2Cl)co1. The fraction of sp³-hybridized carbons (Fsp3) is 0.286. The zero-order valence-electron chi connectivity index (χ0n) is 11.4. The van der Waals surface area contributed by atoms with Crippen molar-refractivity contribution in [3.05, 3.63) is 46.1 Å². The molecule has 0 bridgehead atoms. The monoisotopic (exact) mass is 328 g/mol. The number of carbonyl (C=O) groups excluding carboxylic acids is 1. The van der Waals surface area contributed by atoms with Crippen LogP contribution >= 0.6 is 23.2 Å². The summed E-state index contributed by atoms with van der Waals surface area (Å²) in [5.74, 6) is 0.793. The maximum atomic E-state index is 11.6. The van der Waals surface area contributed by atoms with Gasteiger partial charge in [0.1, 0.15) is 12.0 Å². The molecule has 0 radical (unpaired) electrons. The predicted octanol–water partition coefficient (Wildman–Crippen LogP) is 3.03. The van der Waals surface area contributed by atoms with Gasteiger partial charge in [-0.2, -0.15) is 0 Å². The molecule has 0 saturated heterocycles. The minimum Gasteiger partial charge on any atom is -0.482 e. The Morgan fingerprint density at radius 1 is 1.43 bits per heavy atom. The van der Waals surface area contributed by atoms with Crippen molar-refractivity contribution < 1.29 is 13.9 Å². The van der Waals surface area contributed by atoms with Crippen LogP contribution in [-0.4, -0.2) is 24.0 Å². The molecule has 0 aliphatic carbocycles. The fourth-order valence-corrected chi connectivity index (χ4v) is 2.10. The molecule has 0 atom stereocenters. The number of hydrogen-bond acceptors (Lipinski definition) is 4. The van der Waals surface area contributed by atoms with Crippen molar-refractivity contribution >= 4 is 29.1 Å². The summed E-state index contributed by atoms with van der Waals surface area (Å²) in [5, 5.41) is 3.61. The highest BCUT2D eigenvalue weighted by Gasteiger charge is 2.07. The number of aromatic nitrogens is 1. The minimum atomic E-state index is -0.235. The van der Waals surface area contributed by atoms with E-state index in [-0.39, 0.29) is 12.5 Å². The van der Waals surface area contributed by atoms with Gasteiger partial charge in [-0.15, -0.1) is 0 Å². The molecule has 1 N–H and O–H groups in total. The first kappa shape index (κ1) is 15.7. The molecule has 1 amide bonds. The van der Waals surface area contributed by atoms with Gasteiger partial charge in [-0.1, -0.05) is 23.2 Å². The van der Waals surface area contributed by atoms with Crippen LogP contribution in [0.5, 0.6) is 5.75 Å². The first-order valence-corrected chi connectivity index (χ1v) is 7.06. The summed E-state index contributed by atoms with van der Waals surface area (Å²) in [6.07, 6.45) is 2.18. The molecule has 5 nitrogen and oxygen atoms in total. The standard InChI is InChI=1S/C14H14Cl2N2O3/c1-9-18-11(7-20-9)4-5-17-14(19)8-21-13-3-2-10(15)6-12(13)16/h2-3,6-7H,4-5,8H2,1H3,(H,17,19). The van der Waals surface area contributed by atoms with Gasteiger partial charge in [-0.05, 0) is 18.2 Å². The van der Waals surface area contributed by atoms with Gasteiger partial charge < -0.3 is 14.5 Å². The van der Waals surface area contributed by atoms with Crippen LogP contribution < -0.4 is 10.1 Å². The second kappa shape index (κ2) is 7.33. The van der Waals surface area contributed by atoms with Crippen LogP contribution in [0.25, 0.3) is 0 Å². The molecule has 1 heterocycles. The van der Waals surface area contributed by atoms with Crippen LogP contribution in [-0.2, 0) is 11.2 Å². The van der Waals surface area contributed by atoms with Crippen LogP contribution in [0.1, 0.15) is 11.6 Å². The highest BCUT2D eigenvalue weighted by Crippen LogP contribution is 2.27. The molecule has 0 aliphatic rings. The zero-order chi connectivity index (χ0) is 15.2. The Balaban J connectivity index is 1.72. The zero-order valence-corrected chi connectivity index (χ0v) is 12.9. The summed E-state index contributed by atoms with van der Waals surface area (Å²) in [6, 6.07) is 4.83. The van der Waals surface area contributed by atoms with Gasteiger partial charge >= 0.3 is 0 Å². The molecule has 2 aromatic rings. The van der Waals surface area contributed by atoms with E-state index in [0.717, 1.165) is 5.69 Å². The number of oxazole rings is 1. The average molecular weight is 329 g/mol. The molecule has 1 aromatic heterocycles. The van der Waals surface area contributed by atoms with E-state index in [2.05, 4.69) is 10.3 Å². The predicted molar refractivity (Wildman–Crippen MR) is 79.9 cm³/mol. The molecular formula is C14H14Cl2N2O3. The Labute approximate surface area is 132 Å². The van der Waals surface area contributed by atoms with Crippen LogP contribution in [0.4, 0.5) is 0 Å². The van der Waals surface area contributed by atoms with Crippen LogP contribution in [0.2, 0.25) is 10.0 Å². The number of amides is 1. The van der Waals surface area contributed by atoms with Gasteiger partial charge in [0, 0.05) is 24.9 Å². The average Bonchev–Trinajstić information content (AvgIpc) is 2.83. The molecular weight excluding hydrogens is 315 g/mol. The van der Waals surface area contributed by atoms with Gasteiger partial charge in [-0.3, -0.25) is 4.79 Å². The van der Waals surface area contributed by atoms with E-state index in [1.807, 2.05) is 0 Å². The first-order valence-electron chi connectivity index (χ1n) is 6.30. The fourth-order valence-electron chi connectivity index (χ4n) is 1.64. The normalized spacial score (nSPS) is 10.4. The Hall–Kier alpha value is -1.72. The van der Waals surface area contributed by atoms with Crippen molar-refractivity contribution in [2.24, 2.45) is 0 Å². The molecule has 0 aliphatic heterocycles. The molecule has 7 heteroatoms. The molecule has 0 fully saturated rings. The number of aryl methyl sites for hydroxylation is 1. The lowest BCUT2D eigenvalue weighted by Gasteiger charge is -2.08. The molecule has 0 saturated carbocycles. The smallest absolute Gasteiger partial charge is 0.257 e. The lowest BCUT2D eigenvalue weighted by atomic mass is 10.3. The summed E-state index contributed by atoms with van der Waals surface area (Å²) in [7, 11) is 0. The summed E-state index contributed by atoms with van der Waals surface area (Å²) in [4.78, 5) is 15.8. The van der Waals surface area contributed by atoms with E-state index in [4.69, 9.17) is 32.4 Å². The summed E-state index contributed by atoms with van der Waals surface area (Å²) >= 11 is 11.7. The quantitative estimate of drug-likeness (QED) is 0.885. The molecule has 21 heavy (non-hydrogen) atoms. The van der Waals surface area contributed by atoms with Gasteiger partial charge in [0.05, 0.1) is 10.7 Å². The minimum absolute atomic E-state index is 0.112. The Morgan fingerprint density at radius 2 is 2.24 bits per heavy atom. The largest absolute Gasteiger partial charge is 0.482 e. The maximum absolute atomic E-state index is 11.6. The maximum Gasteiger partial charge on any atom is 0.257 e. The summed E-state index contributed by atoms with van der Waals surface area (Å²) in [5.41, 5.74) is 0.800. The molecule has 2 rings (SSSR count). The molecule has 1 aromatic carbocycles. The van der Waals surface area contributed by atoms with E-state index < -0.39 is 0 Å². The lowest BCUT2D eigenvalue weighted by Crippen LogP contribution is -2.30. The number of benzene rings is 1. The van der Waals surface area contributed by atoms with Crippen LogP contribution in [0.15, 0.2) is 28.9 Å². The Morgan fingerprint density at radius 3 is 2.90 bits per heavy atom. The van der Waals surface area contributed by atoms with Crippen molar-refractivity contribution in [2.45, 2.75) is 13.3 Å². The van der Waals surface area contributed by atoms with Crippen LogP contribution in [0.3, 0.4) is 0 Å². The Bertz CT molecular complexity index is 628. The molecule has 0 unspecified atom stereocenters. The van der Waals surface area contributed by atoms with E-state index in [9.17, 15) is 4.79 Å². The second-order valence-electron chi connectivity index (χ2n) is 4.32. The van der Waals surface area contributed by atoms with E-state index in [1.54, 1.807) is 31.4 Å². The second-order valence-corrected chi connectivity index (χ2v) is 5.16. The van der Waals surface area contributed by atoms with Gasteiger partial charge in [-0.25, -0.2) is 4.98 Å². The topological polar surface area (TPSA) is 64.4 Å². The lowest BCUT2D eigenvalue weighted by molar-refractivity contribution is -0.123. The number of rotatable bonds is 6. The first-order chi connectivity index (χ1) is 10.0. The number of halogens is 2. The van der Waals surface area contributed by atoms with Crippen molar-refractivity contribution in [3.8, 4) is 5.75 Å². The van der Waals surface area contributed by atoms with Crippen molar-refractivity contribution in [3.63, 3.8) is 0 Å². The third-order valence-corrected chi connectivity index (χ3v) is 3.15. The summed E-state index contributed by atoms with van der Waals surface area (Å²) in [6.45, 7) is 2.12. The molecule has 112 valence electrons. The van der Waals surface area contributed by atoms with Gasteiger partial charge in [0.25, 0.3) is 5.91 Å². The van der Waals surface area contributed by atoms with Crippen molar-refractivity contribution in [2.75, 3.05) is 13.2 Å². The summed E-state index contributed by atoms with van der Waals surface area (Å²) < 4.78 is 10.4. The van der Waals surface area contributed by atoms with Crippen LogP contribution in [0, 0.1) is 6.92 Å². The highest BCUT2D eigenvalue weighted by molar-refractivity contribution is 6.35. The van der Waals surface area contributed by atoms with Gasteiger partial charge in [0.2, 0.25) is 0 Å². The number of nitrogens with one attached hydrogen (secondary N) is 1. The number of ether oxygens (including phenoxy) is 1. The third-order valence-electron chi connectivity index (χ3n) is 2.62. The number of nitrogens with zero attached hydrogens (tertiary/aromatic N) is 1. The van der Waals surface area contributed by atoms with Crippen molar-refractivity contribution in [1.82, 2.24) is 10.3 Å². The van der Waals surface area contributed by atoms with E-state index >= 15 is 0 Å². The van der Waals surface area contributed by atoms with E-state index in [0.29, 0.717) is 34.7 Å². The van der Waals surface area contributed by atoms with E-state index in [1.165, 1.54) is 0 Å². The Kier molecular flexibility index (Phi) is 5.47. The molecule has 0 spiro atoms. The number of carbonyl (C=O) groups is 1. The number of hydrogen-bond donors (Lipinski definition) is 1. The highest BCUT2D eigenvalue weighted by atomic mass is 35.5.